The van der Waals surface area contributed by atoms with Crippen molar-refractivity contribution in [3.05, 3.63) is 29.8 Å². The van der Waals surface area contributed by atoms with Crippen molar-refractivity contribution in [1.29, 1.82) is 0 Å². The molecule has 0 saturated heterocycles. The monoisotopic (exact) mass is 267 g/mol. The molecule has 0 radical (unpaired) electrons. The van der Waals surface area contributed by atoms with Crippen molar-refractivity contribution >= 4 is 5.97 Å². The van der Waals surface area contributed by atoms with E-state index in [0.29, 0.717) is 18.9 Å². The second kappa shape index (κ2) is 8.50. The van der Waals surface area contributed by atoms with Crippen LogP contribution in [-0.4, -0.2) is 37.4 Å². The summed E-state index contributed by atoms with van der Waals surface area (Å²) in [5.41, 5.74) is 0.994. The number of nitrogens with one attached hydrogen (secondary N) is 1. The molecule has 1 unspecified atom stereocenters. The van der Waals surface area contributed by atoms with Crippen LogP contribution in [0.2, 0.25) is 0 Å². The first-order valence-corrected chi connectivity index (χ1v) is 6.34. The number of hydrogen-bond acceptors (Lipinski definition) is 4. The van der Waals surface area contributed by atoms with Gasteiger partial charge in [0.25, 0.3) is 0 Å². The minimum atomic E-state index is -0.901. The van der Waals surface area contributed by atoms with Crippen LogP contribution in [-0.2, 0) is 16.1 Å². The molecule has 1 aromatic carbocycles. The van der Waals surface area contributed by atoms with E-state index in [1.165, 1.54) is 0 Å². The van der Waals surface area contributed by atoms with Crippen molar-refractivity contribution in [1.82, 2.24) is 5.32 Å². The van der Waals surface area contributed by atoms with Crippen LogP contribution in [0.25, 0.3) is 0 Å². The van der Waals surface area contributed by atoms with Gasteiger partial charge in [0.05, 0.1) is 6.61 Å². The molecule has 0 bridgehead atoms. The molecule has 1 atom stereocenters. The van der Waals surface area contributed by atoms with Crippen LogP contribution in [0.15, 0.2) is 24.3 Å². The van der Waals surface area contributed by atoms with Gasteiger partial charge in [0.15, 0.2) is 0 Å². The van der Waals surface area contributed by atoms with Crippen LogP contribution in [0, 0.1) is 0 Å². The first kappa shape index (κ1) is 15.5. The van der Waals surface area contributed by atoms with Crippen LogP contribution < -0.4 is 10.1 Å². The first-order chi connectivity index (χ1) is 9.17. The van der Waals surface area contributed by atoms with Crippen molar-refractivity contribution < 1.29 is 19.4 Å². The third kappa shape index (κ3) is 5.72. The molecule has 5 nitrogen and oxygen atoms in total. The Morgan fingerprint density at radius 1 is 1.47 bits per heavy atom. The van der Waals surface area contributed by atoms with Gasteiger partial charge in [0, 0.05) is 7.11 Å². The summed E-state index contributed by atoms with van der Waals surface area (Å²) in [6, 6.07) is 6.76. The first-order valence-electron chi connectivity index (χ1n) is 6.34. The lowest BCUT2D eigenvalue weighted by Gasteiger charge is -2.15. The molecule has 0 aromatic heterocycles. The minimum absolute atomic E-state index is 0.103. The zero-order chi connectivity index (χ0) is 14.1. The normalized spacial score (nSPS) is 12.1. The van der Waals surface area contributed by atoms with Gasteiger partial charge in [-0.3, -0.25) is 4.79 Å². The van der Waals surface area contributed by atoms with Crippen molar-refractivity contribution in [2.45, 2.75) is 26.0 Å². The standard InChI is InChI=1S/C14H21NO4/c1-3-7-15-13(14(16)17)10-19-12-6-4-5-11(8-12)9-18-2/h4-6,8,13,15H,3,7,9-10H2,1-2H3,(H,16,17). The number of ether oxygens (including phenoxy) is 2. The summed E-state index contributed by atoms with van der Waals surface area (Å²) >= 11 is 0. The Morgan fingerprint density at radius 3 is 2.89 bits per heavy atom. The molecule has 0 amide bonds. The number of aliphatic carboxylic acids is 1. The number of carboxylic acids is 1. The Morgan fingerprint density at radius 2 is 2.26 bits per heavy atom. The SMILES string of the molecule is CCCNC(COc1cccc(COC)c1)C(=O)O. The number of benzene rings is 1. The maximum Gasteiger partial charge on any atom is 0.324 e. The maximum absolute atomic E-state index is 11.0. The molecule has 0 heterocycles. The van der Waals surface area contributed by atoms with E-state index >= 15 is 0 Å². The Hall–Kier alpha value is -1.59. The molecular weight excluding hydrogens is 246 g/mol. The van der Waals surface area contributed by atoms with Gasteiger partial charge in [-0.25, -0.2) is 0 Å². The fourth-order valence-corrected chi connectivity index (χ4v) is 1.61. The third-order valence-electron chi connectivity index (χ3n) is 2.56. The van der Waals surface area contributed by atoms with Gasteiger partial charge >= 0.3 is 5.97 Å². The Bertz CT molecular complexity index is 395. The molecule has 1 rings (SSSR count). The van der Waals surface area contributed by atoms with Crippen LogP contribution in [0.3, 0.4) is 0 Å². The highest BCUT2D eigenvalue weighted by atomic mass is 16.5. The molecule has 0 fully saturated rings. The summed E-state index contributed by atoms with van der Waals surface area (Å²) in [6.45, 7) is 3.25. The second-order valence-corrected chi connectivity index (χ2v) is 4.24. The van der Waals surface area contributed by atoms with Gasteiger partial charge < -0.3 is 19.9 Å². The lowest BCUT2D eigenvalue weighted by atomic mass is 10.2. The number of carboxylic acid groups (broad SMARTS) is 1. The van der Waals surface area contributed by atoms with Crippen LogP contribution >= 0.6 is 0 Å². The molecule has 19 heavy (non-hydrogen) atoms. The summed E-state index contributed by atoms with van der Waals surface area (Å²) in [5, 5.41) is 12.0. The molecule has 0 spiro atoms. The van der Waals surface area contributed by atoms with Crippen molar-refractivity contribution in [3.63, 3.8) is 0 Å². The van der Waals surface area contributed by atoms with E-state index in [9.17, 15) is 4.79 Å². The molecule has 106 valence electrons. The molecule has 2 N–H and O–H groups in total. The zero-order valence-corrected chi connectivity index (χ0v) is 11.4. The molecule has 0 saturated carbocycles. The van der Waals surface area contributed by atoms with Gasteiger partial charge in [-0.2, -0.15) is 0 Å². The van der Waals surface area contributed by atoms with Crippen LogP contribution in [0.5, 0.6) is 5.75 Å². The molecule has 5 heteroatoms. The van der Waals surface area contributed by atoms with Gasteiger partial charge in [0.1, 0.15) is 18.4 Å². The Kier molecular flexibility index (Phi) is 6.92. The smallest absolute Gasteiger partial charge is 0.324 e. The highest BCUT2D eigenvalue weighted by Crippen LogP contribution is 2.14. The third-order valence-corrected chi connectivity index (χ3v) is 2.56. The van der Waals surface area contributed by atoms with Crippen LogP contribution in [0.1, 0.15) is 18.9 Å². The predicted octanol–water partition coefficient (Wildman–Crippen LogP) is 1.66. The second-order valence-electron chi connectivity index (χ2n) is 4.24. The van der Waals surface area contributed by atoms with E-state index in [1.807, 2.05) is 25.1 Å². The minimum Gasteiger partial charge on any atom is -0.491 e. The highest BCUT2D eigenvalue weighted by molar-refractivity contribution is 5.73. The van der Waals surface area contributed by atoms with Gasteiger partial charge in [-0.05, 0) is 30.7 Å². The fourth-order valence-electron chi connectivity index (χ4n) is 1.61. The lowest BCUT2D eigenvalue weighted by molar-refractivity contribution is -0.140. The van der Waals surface area contributed by atoms with E-state index in [2.05, 4.69) is 5.32 Å². The summed E-state index contributed by atoms with van der Waals surface area (Å²) in [4.78, 5) is 11.0. The highest BCUT2D eigenvalue weighted by Gasteiger charge is 2.16. The largest absolute Gasteiger partial charge is 0.491 e. The number of rotatable bonds is 9. The van der Waals surface area contributed by atoms with E-state index < -0.39 is 12.0 Å². The van der Waals surface area contributed by atoms with Crippen molar-refractivity contribution in [3.8, 4) is 5.75 Å². The Labute approximate surface area is 113 Å². The number of hydrogen-bond donors (Lipinski definition) is 2. The summed E-state index contributed by atoms with van der Waals surface area (Å²) in [6.07, 6.45) is 0.882. The summed E-state index contributed by atoms with van der Waals surface area (Å²) in [7, 11) is 1.63. The van der Waals surface area contributed by atoms with Crippen LogP contribution in [0.4, 0.5) is 0 Å². The van der Waals surface area contributed by atoms with E-state index in [-0.39, 0.29) is 6.61 Å². The van der Waals surface area contributed by atoms with Gasteiger partial charge in [-0.1, -0.05) is 19.1 Å². The predicted molar refractivity (Wildman–Crippen MR) is 72.4 cm³/mol. The Balaban J connectivity index is 2.53. The fraction of sp³-hybridized carbons (Fsp3) is 0.500. The average Bonchev–Trinajstić information content (AvgIpc) is 2.39. The van der Waals surface area contributed by atoms with E-state index in [4.69, 9.17) is 14.6 Å². The quantitative estimate of drug-likeness (QED) is 0.712. The average molecular weight is 267 g/mol. The molecule has 1 aromatic rings. The zero-order valence-electron chi connectivity index (χ0n) is 11.4. The lowest BCUT2D eigenvalue weighted by Crippen LogP contribution is -2.41. The van der Waals surface area contributed by atoms with Gasteiger partial charge in [-0.15, -0.1) is 0 Å². The van der Waals surface area contributed by atoms with E-state index in [0.717, 1.165) is 12.0 Å². The van der Waals surface area contributed by atoms with E-state index in [1.54, 1.807) is 13.2 Å². The maximum atomic E-state index is 11.0. The van der Waals surface area contributed by atoms with Gasteiger partial charge in [0.2, 0.25) is 0 Å². The molecular formula is C14H21NO4. The number of methoxy groups -OCH3 is 1. The summed E-state index contributed by atoms with van der Waals surface area (Å²) < 4.78 is 10.6. The molecule has 0 aliphatic carbocycles. The van der Waals surface area contributed by atoms with Crippen molar-refractivity contribution in [2.24, 2.45) is 0 Å². The molecule has 0 aliphatic heterocycles. The topological polar surface area (TPSA) is 67.8 Å². The summed E-state index contributed by atoms with van der Waals surface area (Å²) in [5.74, 6) is -0.249. The van der Waals surface area contributed by atoms with Crippen molar-refractivity contribution in [2.75, 3.05) is 20.3 Å². The number of carbonyl (C=O) groups is 1. The molecule has 0 aliphatic rings.